The SMILES string of the molecule is Nc1cccc(CCCCn2cc(C(=O)N3CCOCC3)c3ccccc32)c1. The number of hydrogen-bond donors (Lipinski definition) is 1. The average Bonchev–Trinajstić information content (AvgIpc) is 3.10. The highest BCUT2D eigenvalue weighted by atomic mass is 16.5. The van der Waals surface area contributed by atoms with Crippen LogP contribution in [-0.4, -0.2) is 41.7 Å². The third-order valence-corrected chi connectivity index (χ3v) is 5.38. The minimum absolute atomic E-state index is 0.109. The summed E-state index contributed by atoms with van der Waals surface area (Å²) in [6.45, 7) is 3.47. The smallest absolute Gasteiger partial charge is 0.256 e. The Bertz CT molecular complexity index is 957. The molecular weight excluding hydrogens is 350 g/mol. The van der Waals surface area contributed by atoms with Crippen molar-refractivity contribution >= 4 is 22.5 Å². The van der Waals surface area contributed by atoms with Crippen molar-refractivity contribution in [2.24, 2.45) is 0 Å². The molecule has 1 saturated heterocycles. The quantitative estimate of drug-likeness (QED) is 0.526. The van der Waals surface area contributed by atoms with Gasteiger partial charge in [-0.15, -0.1) is 0 Å². The van der Waals surface area contributed by atoms with Gasteiger partial charge < -0.3 is 19.9 Å². The number of morpholine rings is 1. The summed E-state index contributed by atoms with van der Waals surface area (Å²) in [5.74, 6) is 0.109. The number of fused-ring (bicyclic) bond motifs is 1. The van der Waals surface area contributed by atoms with Crippen molar-refractivity contribution in [1.29, 1.82) is 0 Å². The Morgan fingerprint density at radius 1 is 1.04 bits per heavy atom. The molecule has 2 N–H and O–H groups in total. The number of carbonyl (C=O) groups is 1. The van der Waals surface area contributed by atoms with Gasteiger partial charge in [-0.05, 0) is 43.0 Å². The predicted molar refractivity (Wildman–Crippen MR) is 112 cm³/mol. The number of benzene rings is 2. The lowest BCUT2D eigenvalue weighted by Crippen LogP contribution is -2.40. The number of nitrogens with two attached hydrogens (primary N) is 1. The number of anilines is 1. The Balaban J connectivity index is 1.46. The first kappa shape index (κ1) is 18.6. The second kappa shape index (κ2) is 8.48. The normalized spacial score (nSPS) is 14.5. The zero-order chi connectivity index (χ0) is 19.3. The van der Waals surface area contributed by atoms with E-state index in [9.17, 15) is 4.79 Å². The molecule has 0 aliphatic carbocycles. The van der Waals surface area contributed by atoms with Gasteiger partial charge in [-0.2, -0.15) is 0 Å². The van der Waals surface area contributed by atoms with Crippen LogP contribution >= 0.6 is 0 Å². The molecule has 5 heteroatoms. The molecule has 1 aliphatic rings. The Morgan fingerprint density at radius 2 is 1.86 bits per heavy atom. The van der Waals surface area contributed by atoms with E-state index in [1.54, 1.807) is 0 Å². The molecule has 2 aromatic carbocycles. The fourth-order valence-corrected chi connectivity index (χ4v) is 3.90. The van der Waals surface area contributed by atoms with Crippen molar-refractivity contribution in [1.82, 2.24) is 9.47 Å². The number of nitrogens with zero attached hydrogens (tertiary/aromatic N) is 2. The van der Waals surface area contributed by atoms with Crippen LogP contribution in [0.3, 0.4) is 0 Å². The zero-order valence-corrected chi connectivity index (χ0v) is 16.1. The molecule has 0 radical (unpaired) electrons. The minimum atomic E-state index is 0.109. The first-order valence-corrected chi connectivity index (χ1v) is 10.0. The van der Waals surface area contributed by atoms with Gasteiger partial charge in [0.25, 0.3) is 5.91 Å². The van der Waals surface area contributed by atoms with Crippen LogP contribution in [0.5, 0.6) is 0 Å². The van der Waals surface area contributed by atoms with E-state index in [4.69, 9.17) is 10.5 Å². The second-order valence-corrected chi connectivity index (χ2v) is 7.36. The van der Waals surface area contributed by atoms with E-state index in [0.717, 1.165) is 48.0 Å². The fraction of sp³-hybridized carbons (Fsp3) is 0.348. The molecule has 3 aromatic rings. The van der Waals surface area contributed by atoms with Gasteiger partial charge in [0.15, 0.2) is 0 Å². The van der Waals surface area contributed by atoms with Crippen LogP contribution in [0, 0.1) is 0 Å². The van der Waals surface area contributed by atoms with Crippen LogP contribution < -0.4 is 5.73 Å². The molecule has 0 spiro atoms. The summed E-state index contributed by atoms with van der Waals surface area (Å²) in [6.07, 6.45) is 5.19. The third-order valence-electron chi connectivity index (χ3n) is 5.38. The highest BCUT2D eigenvalue weighted by Crippen LogP contribution is 2.24. The van der Waals surface area contributed by atoms with Crippen LogP contribution in [0.1, 0.15) is 28.8 Å². The largest absolute Gasteiger partial charge is 0.399 e. The highest BCUT2D eigenvalue weighted by molar-refractivity contribution is 6.07. The fourth-order valence-electron chi connectivity index (χ4n) is 3.90. The van der Waals surface area contributed by atoms with Gasteiger partial charge in [-0.3, -0.25) is 4.79 Å². The molecular formula is C23H27N3O2. The first-order chi connectivity index (χ1) is 13.7. The van der Waals surface area contributed by atoms with Crippen LogP contribution in [0.2, 0.25) is 0 Å². The molecule has 146 valence electrons. The molecule has 0 unspecified atom stereocenters. The summed E-state index contributed by atoms with van der Waals surface area (Å²) in [7, 11) is 0. The third kappa shape index (κ3) is 4.04. The number of carbonyl (C=O) groups excluding carboxylic acids is 1. The number of amides is 1. The lowest BCUT2D eigenvalue weighted by atomic mass is 10.1. The van der Waals surface area contributed by atoms with Crippen molar-refractivity contribution in [2.75, 3.05) is 32.0 Å². The van der Waals surface area contributed by atoms with E-state index >= 15 is 0 Å². The Kier molecular flexibility index (Phi) is 5.63. The van der Waals surface area contributed by atoms with E-state index in [1.807, 2.05) is 47.5 Å². The van der Waals surface area contributed by atoms with Crippen molar-refractivity contribution < 1.29 is 9.53 Å². The lowest BCUT2D eigenvalue weighted by molar-refractivity contribution is 0.0304. The number of ether oxygens (including phenoxy) is 1. The van der Waals surface area contributed by atoms with Crippen molar-refractivity contribution in [3.05, 3.63) is 65.9 Å². The maximum Gasteiger partial charge on any atom is 0.256 e. The van der Waals surface area contributed by atoms with Crippen molar-refractivity contribution in [3.8, 4) is 0 Å². The van der Waals surface area contributed by atoms with Crippen molar-refractivity contribution in [2.45, 2.75) is 25.8 Å². The predicted octanol–water partition coefficient (Wildman–Crippen LogP) is 3.72. The summed E-state index contributed by atoms with van der Waals surface area (Å²) in [4.78, 5) is 14.9. The minimum Gasteiger partial charge on any atom is -0.399 e. The monoisotopic (exact) mass is 377 g/mol. The Morgan fingerprint density at radius 3 is 2.68 bits per heavy atom. The molecule has 1 fully saturated rings. The summed E-state index contributed by atoms with van der Waals surface area (Å²) in [6, 6.07) is 16.3. The van der Waals surface area contributed by atoms with E-state index < -0.39 is 0 Å². The number of rotatable bonds is 6. The van der Waals surface area contributed by atoms with Gasteiger partial charge in [-0.1, -0.05) is 30.3 Å². The van der Waals surface area contributed by atoms with Gasteiger partial charge in [0.1, 0.15) is 0 Å². The first-order valence-electron chi connectivity index (χ1n) is 10.0. The maximum absolute atomic E-state index is 13.0. The number of para-hydroxylation sites is 1. The van der Waals surface area contributed by atoms with Crippen molar-refractivity contribution in [3.63, 3.8) is 0 Å². The summed E-state index contributed by atoms with van der Waals surface area (Å²) >= 11 is 0. The molecule has 1 aromatic heterocycles. The van der Waals surface area contributed by atoms with Crippen LogP contribution in [0.4, 0.5) is 5.69 Å². The maximum atomic E-state index is 13.0. The number of nitrogen functional groups attached to an aromatic ring is 1. The van der Waals surface area contributed by atoms with Gasteiger partial charge in [0.05, 0.1) is 18.8 Å². The molecule has 1 amide bonds. The highest BCUT2D eigenvalue weighted by Gasteiger charge is 2.22. The molecule has 0 atom stereocenters. The van der Waals surface area contributed by atoms with Crippen LogP contribution in [0.25, 0.3) is 10.9 Å². The summed E-state index contributed by atoms with van der Waals surface area (Å²) in [5, 5.41) is 1.04. The molecule has 28 heavy (non-hydrogen) atoms. The topological polar surface area (TPSA) is 60.5 Å². The summed E-state index contributed by atoms with van der Waals surface area (Å²) in [5.41, 5.74) is 9.89. The van der Waals surface area contributed by atoms with E-state index in [0.29, 0.717) is 26.3 Å². The molecule has 4 rings (SSSR count). The lowest BCUT2D eigenvalue weighted by Gasteiger charge is -2.26. The zero-order valence-electron chi connectivity index (χ0n) is 16.1. The van der Waals surface area contributed by atoms with Gasteiger partial charge in [0, 0.05) is 42.4 Å². The van der Waals surface area contributed by atoms with Gasteiger partial charge in [0.2, 0.25) is 0 Å². The molecule has 0 bridgehead atoms. The van der Waals surface area contributed by atoms with E-state index in [-0.39, 0.29) is 5.91 Å². The number of aryl methyl sites for hydroxylation is 2. The number of hydrogen-bond acceptors (Lipinski definition) is 3. The van der Waals surface area contributed by atoms with E-state index in [1.165, 1.54) is 5.56 Å². The Labute approximate surface area is 165 Å². The van der Waals surface area contributed by atoms with Gasteiger partial charge >= 0.3 is 0 Å². The number of unbranched alkanes of at least 4 members (excludes halogenated alkanes) is 1. The van der Waals surface area contributed by atoms with Gasteiger partial charge in [-0.25, -0.2) is 0 Å². The summed E-state index contributed by atoms with van der Waals surface area (Å²) < 4.78 is 7.61. The molecule has 0 saturated carbocycles. The van der Waals surface area contributed by atoms with E-state index in [2.05, 4.69) is 16.7 Å². The van der Waals surface area contributed by atoms with Crippen LogP contribution in [-0.2, 0) is 17.7 Å². The molecule has 1 aliphatic heterocycles. The molecule has 2 heterocycles. The number of aromatic nitrogens is 1. The average molecular weight is 377 g/mol. The molecule has 5 nitrogen and oxygen atoms in total. The second-order valence-electron chi connectivity index (χ2n) is 7.36. The standard InChI is InChI=1S/C23H27N3O2/c24-19-8-5-7-18(16-19)6-3-4-11-26-17-21(20-9-1-2-10-22(20)26)23(27)25-12-14-28-15-13-25/h1-2,5,7-10,16-17H,3-4,6,11-15,24H2. The van der Waals surface area contributed by atoms with Crippen LogP contribution in [0.15, 0.2) is 54.7 Å². The Hall–Kier alpha value is -2.79.